The number of carbonyl (C=O) groups is 1. The third-order valence-electron chi connectivity index (χ3n) is 2.88. The number of nitrogen functional groups attached to an aromatic ring is 1. The first-order valence-corrected chi connectivity index (χ1v) is 6.69. The predicted octanol–water partition coefficient (Wildman–Crippen LogP) is -0.407. The largest absolute Gasteiger partial charge is 0.507 e. The zero-order valence-electron chi connectivity index (χ0n) is 12.6. The average molecular weight is 320 g/mol. The van der Waals surface area contributed by atoms with Gasteiger partial charge in [-0.15, -0.1) is 5.10 Å². The van der Waals surface area contributed by atoms with Crippen LogP contribution in [0.1, 0.15) is 28.9 Å². The van der Waals surface area contributed by atoms with Crippen molar-refractivity contribution >= 4 is 17.6 Å². The standard InChI is InChI=1S/C13H16N6O4/c1-6-5-8(20)9(12(22)23-6)7(2)15-3-4-16-11(21)10-17-13(14)19-18-10/h5,20H,3-4H2,1-2H3,(H,16,21)(H3,14,17,18,19). The Balaban J connectivity index is 1.96. The number of hydrogen-bond acceptors (Lipinski definition) is 8. The monoisotopic (exact) mass is 320 g/mol. The van der Waals surface area contributed by atoms with Gasteiger partial charge in [0.25, 0.3) is 5.91 Å². The summed E-state index contributed by atoms with van der Waals surface area (Å²) in [7, 11) is 0. The molecule has 2 aromatic heterocycles. The molecule has 0 atom stereocenters. The van der Waals surface area contributed by atoms with Crippen LogP contribution in [0.15, 0.2) is 20.3 Å². The summed E-state index contributed by atoms with van der Waals surface area (Å²) < 4.78 is 4.92. The van der Waals surface area contributed by atoms with Gasteiger partial charge in [0, 0.05) is 12.6 Å². The topological polar surface area (TPSA) is 159 Å². The van der Waals surface area contributed by atoms with Gasteiger partial charge in [-0.2, -0.15) is 4.98 Å². The van der Waals surface area contributed by atoms with Crippen molar-refractivity contribution in [3.05, 3.63) is 33.6 Å². The maximum Gasteiger partial charge on any atom is 0.348 e. The molecule has 10 nitrogen and oxygen atoms in total. The van der Waals surface area contributed by atoms with E-state index in [1.807, 2.05) is 0 Å². The number of anilines is 1. The normalized spacial score (nSPS) is 11.5. The van der Waals surface area contributed by atoms with Gasteiger partial charge >= 0.3 is 5.63 Å². The SMILES string of the molecule is CC(=NCCNC(=O)c1nc(N)n[nH]1)c1c(O)cc(C)oc1=O. The van der Waals surface area contributed by atoms with E-state index in [9.17, 15) is 14.7 Å². The van der Waals surface area contributed by atoms with Crippen LogP contribution in [0, 0.1) is 6.92 Å². The van der Waals surface area contributed by atoms with Crippen LogP contribution in [-0.2, 0) is 0 Å². The first-order valence-electron chi connectivity index (χ1n) is 6.69. The van der Waals surface area contributed by atoms with E-state index in [0.717, 1.165) is 0 Å². The Bertz CT molecular complexity index is 807. The van der Waals surface area contributed by atoms with E-state index < -0.39 is 11.5 Å². The molecule has 0 fully saturated rings. The molecule has 10 heteroatoms. The van der Waals surface area contributed by atoms with Gasteiger partial charge in [0.15, 0.2) is 0 Å². The van der Waals surface area contributed by atoms with E-state index in [1.165, 1.54) is 6.07 Å². The lowest BCUT2D eigenvalue weighted by Gasteiger charge is -2.04. The fraction of sp³-hybridized carbons (Fsp3) is 0.308. The molecule has 2 aromatic rings. The van der Waals surface area contributed by atoms with E-state index in [4.69, 9.17) is 10.2 Å². The fourth-order valence-corrected chi connectivity index (χ4v) is 1.86. The van der Waals surface area contributed by atoms with Crippen molar-refractivity contribution in [2.75, 3.05) is 18.8 Å². The lowest BCUT2D eigenvalue weighted by molar-refractivity contribution is 0.0945. The first kappa shape index (κ1) is 16.2. The summed E-state index contributed by atoms with van der Waals surface area (Å²) in [6.07, 6.45) is 0. The first-order chi connectivity index (χ1) is 10.9. The average Bonchev–Trinajstić information content (AvgIpc) is 2.89. The smallest absolute Gasteiger partial charge is 0.348 e. The number of nitrogens with zero attached hydrogens (tertiary/aromatic N) is 3. The van der Waals surface area contributed by atoms with Crippen LogP contribution < -0.4 is 16.7 Å². The van der Waals surface area contributed by atoms with Gasteiger partial charge in [-0.3, -0.25) is 14.9 Å². The Morgan fingerprint density at radius 1 is 1.57 bits per heavy atom. The number of nitrogens with two attached hydrogens (primary N) is 1. The zero-order valence-corrected chi connectivity index (χ0v) is 12.6. The maximum atomic E-state index is 11.7. The van der Waals surface area contributed by atoms with Crippen LogP contribution in [0.3, 0.4) is 0 Å². The molecule has 5 N–H and O–H groups in total. The molecule has 0 aromatic carbocycles. The number of nitrogens with one attached hydrogen (secondary N) is 2. The van der Waals surface area contributed by atoms with Crippen molar-refractivity contribution in [2.45, 2.75) is 13.8 Å². The lowest BCUT2D eigenvalue weighted by atomic mass is 10.1. The minimum absolute atomic E-state index is 0.0000231. The molecular weight excluding hydrogens is 304 g/mol. The summed E-state index contributed by atoms with van der Waals surface area (Å²) in [4.78, 5) is 31.2. The van der Waals surface area contributed by atoms with E-state index in [2.05, 4.69) is 25.5 Å². The highest BCUT2D eigenvalue weighted by molar-refractivity contribution is 6.00. The second kappa shape index (κ2) is 6.73. The maximum absolute atomic E-state index is 11.7. The van der Waals surface area contributed by atoms with Crippen LogP contribution in [-0.4, -0.2) is 45.0 Å². The van der Waals surface area contributed by atoms with Crippen molar-refractivity contribution in [3.63, 3.8) is 0 Å². The summed E-state index contributed by atoms with van der Waals surface area (Å²) >= 11 is 0. The molecule has 2 rings (SSSR count). The highest BCUT2D eigenvalue weighted by Gasteiger charge is 2.13. The van der Waals surface area contributed by atoms with E-state index in [1.54, 1.807) is 13.8 Å². The molecule has 0 unspecified atom stereocenters. The number of H-pyrrole nitrogens is 1. The molecule has 0 aliphatic heterocycles. The summed E-state index contributed by atoms with van der Waals surface area (Å²) in [6, 6.07) is 1.34. The van der Waals surface area contributed by atoms with Gasteiger partial charge in [-0.25, -0.2) is 4.79 Å². The molecule has 2 heterocycles. The van der Waals surface area contributed by atoms with Gasteiger partial charge in [0.05, 0.1) is 12.3 Å². The van der Waals surface area contributed by atoms with Crippen molar-refractivity contribution < 1.29 is 14.3 Å². The van der Waals surface area contributed by atoms with Crippen LogP contribution in [0.25, 0.3) is 0 Å². The Morgan fingerprint density at radius 2 is 2.30 bits per heavy atom. The highest BCUT2D eigenvalue weighted by atomic mass is 16.4. The Hall–Kier alpha value is -3.17. The number of aliphatic imine (C=N–C) groups is 1. The van der Waals surface area contributed by atoms with Gasteiger partial charge in [0.2, 0.25) is 11.8 Å². The Kier molecular flexibility index (Phi) is 4.74. The quantitative estimate of drug-likeness (QED) is 0.430. The van der Waals surface area contributed by atoms with E-state index in [-0.39, 0.29) is 36.2 Å². The molecule has 0 saturated carbocycles. The van der Waals surface area contributed by atoms with Crippen molar-refractivity contribution in [1.82, 2.24) is 20.5 Å². The number of hydrogen-bond donors (Lipinski definition) is 4. The Labute approximate surface area is 130 Å². The highest BCUT2D eigenvalue weighted by Crippen LogP contribution is 2.15. The summed E-state index contributed by atoms with van der Waals surface area (Å²) in [5.74, 6) is -0.380. The molecule has 0 spiro atoms. The number of carbonyl (C=O) groups excluding carboxylic acids is 1. The number of aromatic nitrogens is 3. The minimum Gasteiger partial charge on any atom is -0.507 e. The Morgan fingerprint density at radius 3 is 2.91 bits per heavy atom. The van der Waals surface area contributed by atoms with Crippen LogP contribution >= 0.6 is 0 Å². The van der Waals surface area contributed by atoms with Crippen LogP contribution in [0.4, 0.5) is 5.95 Å². The third-order valence-corrected chi connectivity index (χ3v) is 2.88. The minimum atomic E-state index is -0.662. The molecule has 0 bridgehead atoms. The van der Waals surface area contributed by atoms with Gasteiger partial charge < -0.3 is 20.6 Å². The number of amides is 1. The lowest BCUT2D eigenvalue weighted by Crippen LogP contribution is -2.27. The molecule has 0 aliphatic rings. The van der Waals surface area contributed by atoms with Crippen LogP contribution in [0.5, 0.6) is 5.75 Å². The predicted molar refractivity (Wildman–Crippen MR) is 81.6 cm³/mol. The molecule has 122 valence electrons. The molecule has 0 aliphatic carbocycles. The van der Waals surface area contributed by atoms with Crippen molar-refractivity contribution in [3.8, 4) is 5.75 Å². The molecule has 23 heavy (non-hydrogen) atoms. The number of aromatic amines is 1. The second-order valence-corrected chi connectivity index (χ2v) is 4.67. The van der Waals surface area contributed by atoms with E-state index >= 15 is 0 Å². The van der Waals surface area contributed by atoms with Crippen molar-refractivity contribution in [2.24, 2.45) is 4.99 Å². The molecular formula is C13H16N6O4. The summed E-state index contributed by atoms with van der Waals surface area (Å²) in [6.45, 7) is 3.53. The fourth-order valence-electron chi connectivity index (χ4n) is 1.86. The van der Waals surface area contributed by atoms with Gasteiger partial charge in [-0.1, -0.05) is 0 Å². The van der Waals surface area contributed by atoms with Gasteiger partial charge in [0.1, 0.15) is 17.1 Å². The third kappa shape index (κ3) is 3.93. The number of aromatic hydroxyl groups is 1. The zero-order chi connectivity index (χ0) is 17.0. The summed E-state index contributed by atoms with van der Waals surface area (Å²) in [5, 5.41) is 18.3. The van der Waals surface area contributed by atoms with Crippen molar-refractivity contribution in [1.29, 1.82) is 0 Å². The molecule has 0 radical (unpaired) electrons. The molecule has 1 amide bonds. The van der Waals surface area contributed by atoms with Gasteiger partial charge in [-0.05, 0) is 13.8 Å². The summed E-state index contributed by atoms with van der Waals surface area (Å²) in [5.41, 5.74) is 4.95. The number of rotatable bonds is 5. The van der Waals surface area contributed by atoms with Crippen LogP contribution in [0.2, 0.25) is 0 Å². The molecule has 0 saturated heterocycles. The second-order valence-electron chi connectivity index (χ2n) is 4.67. The number of aryl methyl sites for hydroxylation is 1. The van der Waals surface area contributed by atoms with E-state index in [0.29, 0.717) is 11.5 Å².